The molecule has 1 aliphatic carbocycles. The molecule has 1 N–H and O–H groups in total. The van der Waals surface area contributed by atoms with Crippen LogP contribution in [0.3, 0.4) is 0 Å². The van der Waals surface area contributed by atoms with E-state index in [4.69, 9.17) is 14.2 Å². The Morgan fingerprint density at radius 2 is 1.87 bits per heavy atom. The molecule has 0 aromatic heterocycles. The van der Waals surface area contributed by atoms with Crippen molar-refractivity contribution in [1.29, 1.82) is 0 Å². The van der Waals surface area contributed by atoms with Gasteiger partial charge in [-0.15, -0.1) is 0 Å². The van der Waals surface area contributed by atoms with Crippen LogP contribution in [0.2, 0.25) is 0 Å². The highest BCUT2D eigenvalue weighted by molar-refractivity contribution is 6.04. The predicted molar refractivity (Wildman–Crippen MR) is 85.5 cm³/mol. The first-order valence-electron chi connectivity index (χ1n) is 7.12. The maximum atomic E-state index is 12.2. The van der Waals surface area contributed by atoms with E-state index in [1.54, 1.807) is 42.5 Å². The first kappa shape index (κ1) is 17.0. The Morgan fingerprint density at radius 1 is 1.17 bits per heavy atom. The third-order valence-corrected chi connectivity index (χ3v) is 3.70. The molecule has 0 bridgehead atoms. The highest BCUT2D eigenvalue weighted by Crippen LogP contribution is 2.35. The molecule has 0 radical (unpaired) electrons. The van der Waals surface area contributed by atoms with E-state index in [1.165, 1.54) is 27.4 Å². The molecule has 2 unspecified atom stereocenters. The number of aliphatic hydroxyl groups is 1. The van der Waals surface area contributed by atoms with Crippen LogP contribution in [-0.4, -0.2) is 38.0 Å². The van der Waals surface area contributed by atoms with Crippen LogP contribution in [0.15, 0.2) is 66.2 Å². The Kier molecular flexibility index (Phi) is 5.36. The third-order valence-electron chi connectivity index (χ3n) is 3.70. The van der Waals surface area contributed by atoms with Crippen molar-refractivity contribution in [2.24, 2.45) is 5.92 Å². The van der Waals surface area contributed by atoms with E-state index in [-0.39, 0.29) is 11.5 Å². The molecular weight excluding hydrogens is 296 g/mol. The zero-order valence-electron chi connectivity index (χ0n) is 13.4. The summed E-state index contributed by atoms with van der Waals surface area (Å²) < 4.78 is 15.6. The molecule has 0 spiro atoms. The number of rotatable bonds is 6. The number of carbonyl (C=O) groups excluding carboxylic acids is 1. The summed E-state index contributed by atoms with van der Waals surface area (Å²) in [4.78, 5) is 12.2. The number of methoxy groups -OCH3 is 3. The molecule has 1 aromatic carbocycles. The van der Waals surface area contributed by atoms with Gasteiger partial charge in [-0.1, -0.05) is 36.4 Å². The largest absolute Gasteiger partial charge is 0.497 e. The maximum absolute atomic E-state index is 12.2. The van der Waals surface area contributed by atoms with E-state index in [2.05, 4.69) is 0 Å². The average molecular weight is 316 g/mol. The van der Waals surface area contributed by atoms with Gasteiger partial charge in [-0.3, -0.25) is 4.79 Å². The van der Waals surface area contributed by atoms with Gasteiger partial charge >= 0.3 is 0 Å². The van der Waals surface area contributed by atoms with Crippen molar-refractivity contribution in [3.05, 3.63) is 71.7 Å². The molecule has 0 amide bonds. The second-order valence-corrected chi connectivity index (χ2v) is 5.00. The number of allylic oxidation sites excluding steroid dienone is 2. The molecule has 2 rings (SSSR count). The molecule has 5 nitrogen and oxygen atoms in total. The Labute approximate surface area is 135 Å². The van der Waals surface area contributed by atoms with Gasteiger partial charge in [0.05, 0.1) is 20.1 Å². The standard InChI is InChI=1S/C18H20O5/c1-21-15-11-14(18(20,23-3)17(12-15)22-2)9-10-16(19)13-7-5-4-6-8-13/h4-12,14,20H,1-3H3. The Hall–Kier alpha value is -2.37. The molecule has 0 aliphatic heterocycles. The van der Waals surface area contributed by atoms with Crippen LogP contribution in [0.1, 0.15) is 10.4 Å². The van der Waals surface area contributed by atoms with Crippen LogP contribution in [-0.2, 0) is 14.2 Å². The number of carbonyl (C=O) groups is 1. The minimum absolute atomic E-state index is 0.162. The quantitative estimate of drug-likeness (QED) is 0.496. The van der Waals surface area contributed by atoms with E-state index < -0.39 is 11.7 Å². The van der Waals surface area contributed by atoms with Gasteiger partial charge in [-0.2, -0.15) is 0 Å². The lowest BCUT2D eigenvalue weighted by Gasteiger charge is -2.35. The zero-order valence-corrected chi connectivity index (χ0v) is 13.4. The zero-order chi connectivity index (χ0) is 16.9. The summed E-state index contributed by atoms with van der Waals surface area (Å²) in [7, 11) is 4.32. The number of benzene rings is 1. The van der Waals surface area contributed by atoms with Gasteiger partial charge in [-0.05, 0) is 12.2 Å². The monoisotopic (exact) mass is 316 g/mol. The van der Waals surface area contributed by atoms with Gasteiger partial charge in [0.25, 0.3) is 0 Å². The van der Waals surface area contributed by atoms with Crippen LogP contribution in [0, 0.1) is 5.92 Å². The number of hydrogen-bond acceptors (Lipinski definition) is 5. The van der Waals surface area contributed by atoms with E-state index in [0.29, 0.717) is 11.3 Å². The number of hydrogen-bond donors (Lipinski definition) is 1. The normalized spacial score (nSPS) is 24.1. The first-order chi connectivity index (χ1) is 11.0. The molecule has 0 saturated heterocycles. The number of ketones is 1. The molecule has 1 aromatic rings. The molecule has 0 fully saturated rings. The first-order valence-corrected chi connectivity index (χ1v) is 7.12. The highest BCUT2D eigenvalue weighted by Gasteiger charge is 2.43. The average Bonchev–Trinajstić information content (AvgIpc) is 2.61. The SMILES string of the molecule is COC1=CC(C=CC(=O)c2ccccc2)C(O)(OC)C(OC)=C1. The minimum atomic E-state index is -1.69. The lowest BCUT2D eigenvalue weighted by Crippen LogP contribution is -2.43. The molecule has 0 heterocycles. The van der Waals surface area contributed by atoms with E-state index in [0.717, 1.165) is 0 Å². The van der Waals surface area contributed by atoms with Crippen LogP contribution in [0.4, 0.5) is 0 Å². The van der Waals surface area contributed by atoms with Crippen molar-refractivity contribution in [2.75, 3.05) is 21.3 Å². The Morgan fingerprint density at radius 3 is 2.43 bits per heavy atom. The second-order valence-electron chi connectivity index (χ2n) is 5.00. The predicted octanol–water partition coefficient (Wildman–Crippen LogP) is 2.45. The third kappa shape index (κ3) is 3.52. The van der Waals surface area contributed by atoms with Gasteiger partial charge in [0.2, 0.25) is 5.79 Å². The summed E-state index contributed by atoms with van der Waals surface area (Å²) in [5.41, 5.74) is 0.568. The van der Waals surface area contributed by atoms with Gasteiger partial charge < -0.3 is 19.3 Å². The van der Waals surface area contributed by atoms with Crippen LogP contribution in [0.25, 0.3) is 0 Å². The van der Waals surface area contributed by atoms with Crippen LogP contribution < -0.4 is 0 Å². The summed E-state index contributed by atoms with van der Waals surface area (Å²) in [6.45, 7) is 0. The van der Waals surface area contributed by atoms with Crippen molar-refractivity contribution >= 4 is 5.78 Å². The molecule has 5 heteroatoms. The highest BCUT2D eigenvalue weighted by atomic mass is 16.6. The van der Waals surface area contributed by atoms with E-state index in [1.807, 2.05) is 6.07 Å². The van der Waals surface area contributed by atoms with Crippen LogP contribution in [0.5, 0.6) is 0 Å². The Bertz CT molecular complexity index is 645. The van der Waals surface area contributed by atoms with E-state index >= 15 is 0 Å². The molecule has 2 atom stereocenters. The van der Waals surface area contributed by atoms with Gasteiger partial charge in [-0.25, -0.2) is 0 Å². The van der Waals surface area contributed by atoms with Crippen molar-refractivity contribution in [3.63, 3.8) is 0 Å². The second kappa shape index (κ2) is 7.26. The summed E-state index contributed by atoms with van der Waals surface area (Å²) in [6, 6.07) is 8.89. The fraction of sp³-hybridized carbons (Fsp3) is 0.278. The summed E-state index contributed by atoms with van der Waals surface area (Å²) in [6.07, 6.45) is 6.20. The summed E-state index contributed by atoms with van der Waals surface area (Å²) >= 11 is 0. The van der Waals surface area contributed by atoms with Crippen molar-refractivity contribution in [1.82, 2.24) is 0 Å². The smallest absolute Gasteiger partial charge is 0.235 e. The van der Waals surface area contributed by atoms with Crippen molar-refractivity contribution in [2.45, 2.75) is 5.79 Å². The van der Waals surface area contributed by atoms with Crippen molar-refractivity contribution in [3.8, 4) is 0 Å². The fourth-order valence-corrected chi connectivity index (χ4v) is 2.38. The molecule has 122 valence electrons. The molecule has 23 heavy (non-hydrogen) atoms. The lowest BCUT2D eigenvalue weighted by molar-refractivity contribution is -0.197. The summed E-state index contributed by atoms with van der Waals surface area (Å²) in [5, 5.41) is 10.7. The molecular formula is C18H20O5. The molecule has 1 aliphatic rings. The summed E-state index contributed by atoms with van der Waals surface area (Å²) in [5.74, 6) is -1.75. The van der Waals surface area contributed by atoms with Crippen molar-refractivity contribution < 1.29 is 24.1 Å². The topological polar surface area (TPSA) is 65.0 Å². The van der Waals surface area contributed by atoms with Gasteiger partial charge in [0.1, 0.15) is 5.76 Å². The van der Waals surface area contributed by atoms with Gasteiger partial charge in [0.15, 0.2) is 11.5 Å². The maximum Gasteiger partial charge on any atom is 0.235 e. The Balaban J connectivity index is 2.29. The number of ether oxygens (including phenoxy) is 3. The van der Waals surface area contributed by atoms with E-state index in [9.17, 15) is 9.90 Å². The lowest BCUT2D eigenvalue weighted by atomic mass is 9.90. The van der Waals surface area contributed by atoms with Gasteiger partial charge in [0, 0.05) is 18.7 Å². The van der Waals surface area contributed by atoms with Crippen LogP contribution >= 0.6 is 0 Å². The fourth-order valence-electron chi connectivity index (χ4n) is 2.38. The minimum Gasteiger partial charge on any atom is -0.497 e. The molecule has 0 saturated carbocycles.